The van der Waals surface area contributed by atoms with Gasteiger partial charge in [0.25, 0.3) is 0 Å². The molecule has 0 fully saturated rings. The Labute approximate surface area is 138 Å². The molecule has 0 aromatic rings. The minimum atomic E-state index is -1.62. The van der Waals surface area contributed by atoms with Crippen LogP contribution in [0.1, 0.15) is 59.8 Å². The van der Waals surface area contributed by atoms with E-state index in [4.69, 9.17) is 22.2 Å². The zero-order valence-electron chi connectivity index (χ0n) is 14.0. The molecule has 0 atom stereocenters. The molecule has 0 aliphatic carbocycles. The Morgan fingerprint density at radius 3 is 1.55 bits per heavy atom. The lowest BCUT2D eigenvalue weighted by Gasteiger charge is -2.23. The number of halogens is 2. The van der Waals surface area contributed by atoms with Gasteiger partial charge >= 0.3 is 0 Å². The van der Waals surface area contributed by atoms with Crippen molar-refractivity contribution in [1.82, 2.24) is 0 Å². The average Bonchev–Trinajstić information content (AvgIpc) is 2.36. The van der Waals surface area contributed by atoms with Gasteiger partial charge in [-0.3, -0.25) is 0 Å². The first-order chi connectivity index (χ1) is 9.45. The Morgan fingerprint density at radius 2 is 1.15 bits per heavy atom. The molecule has 0 amide bonds. The summed E-state index contributed by atoms with van der Waals surface area (Å²) in [5, 5.41) is 0. The molecule has 0 N–H and O–H groups in total. The highest BCUT2D eigenvalue weighted by atomic mass is 35.6. The van der Waals surface area contributed by atoms with Crippen LogP contribution in [-0.2, 0) is 0 Å². The van der Waals surface area contributed by atoms with Crippen LogP contribution in [0.25, 0.3) is 0 Å². The molecule has 120 valence electrons. The molecule has 20 heavy (non-hydrogen) atoms. The van der Waals surface area contributed by atoms with Gasteiger partial charge in [0.15, 0.2) is 14.8 Å². The summed E-state index contributed by atoms with van der Waals surface area (Å²) in [7, 11) is -3.11. The zero-order chi connectivity index (χ0) is 15.5. The molecular weight excluding hydrogens is 319 g/mol. The van der Waals surface area contributed by atoms with Crippen LogP contribution in [0.4, 0.5) is 0 Å². The highest BCUT2D eigenvalue weighted by Crippen LogP contribution is 2.31. The number of hydrogen-bond acceptors (Lipinski definition) is 0. The van der Waals surface area contributed by atoms with Gasteiger partial charge in [0.2, 0.25) is 0 Å². The van der Waals surface area contributed by atoms with E-state index >= 15 is 0 Å². The second-order valence-corrected chi connectivity index (χ2v) is 18.0. The molecule has 0 aromatic heterocycles. The third kappa shape index (κ3) is 8.91. The van der Waals surface area contributed by atoms with Gasteiger partial charge in [-0.2, -0.15) is 22.2 Å². The monoisotopic (exact) mass is 352 g/mol. The molecule has 0 aliphatic heterocycles. The smallest absolute Gasteiger partial charge is 0.167 e. The first-order valence-corrected chi connectivity index (χ1v) is 15.6. The van der Waals surface area contributed by atoms with E-state index in [0.717, 1.165) is 6.42 Å². The van der Waals surface area contributed by atoms with Gasteiger partial charge in [-0.25, -0.2) is 0 Å². The summed E-state index contributed by atoms with van der Waals surface area (Å²) >= 11 is 13.7. The Hall–Kier alpha value is 0.754. The minimum absolute atomic E-state index is 1.14. The predicted molar refractivity (Wildman–Crippen MR) is 102 cm³/mol. The summed E-state index contributed by atoms with van der Waals surface area (Å²) < 4.78 is 0. The molecular formula is C16H34Cl2Si2. The molecule has 0 nitrogen and oxygen atoms in total. The second kappa shape index (κ2) is 11.3. The molecule has 0 aliphatic rings. The normalized spacial score (nSPS) is 13.3. The summed E-state index contributed by atoms with van der Waals surface area (Å²) in [4.78, 5) is 0. The third-order valence-electron chi connectivity index (χ3n) is 3.90. The molecule has 0 aromatic carbocycles. The molecule has 0 saturated heterocycles. The van der Waals surface area contributed by atoms with E-state index in [9.17, 15) is 0 Å². The van der Waals surface area contributed by atoms with Crippen LogP contribution < -0.4 is 0 Å². The van der Waals surface area contributed by atoms with E-state index in [0.29, 0.717) is 0 Å². The quantitative estimate of drug-likeness (QED) is 0.252. The standard InChI is InChI=1S/C16H34Cl2Si2/c1-5-11-19(17,12-6-2)15-9-10-16-20(18,13-7-3)14-8-4/h9,15H,5-8,10-14,16H2,1-4H3/b15-9+. The number of rotatable bonds is 12. The lowest BCUT2D eigenvalue weighted by atomic mass is 10.5. The van der Waals surface area contributed by atoms with Gasteiger partial charge in [-0.1, -0.05) is 65.2 Å². The second-order valence-electron chi connectivity index (χ2n) is 6.13. The minimum Gasteiger partial charge on any atom is -0.167 e. The fraction of sp³-hybridized carbons (Fsp3) is 0.875. The van der Waals surface area contributed by atoms with Crippen LogP contribution >= 0.6 is 22.2 Å². The van der Waals surface area contributed by atoms with Crippen molar-refractivity contribution in [3.05, 3.63) is 11.8 Å². The van der Waals surface area contributed by atoms with Crippen molar-refractivity contribution in [2.45, 2.75) is 90.0 Å². The van der Waals surface area contributed by atoms with Crippen molar-refractivity contribution in [2.24, 2.45) is 0 Å². The van der Waals surface area contributed by atoms with Gasteiger partial charge in [0, 0.05) is 0 Å². The largest absolute Gasteiger partial charge is 0.179 e. The molecule has 0 bridgehead atoms. The van der Waals surface area contributed by atoms with Gasteiger partial charge in [-0.15, -0.1) is 0 Å². The van der Waals surface area contributed by atoms with Crippen molar-refractivity contribution >= 4 is 36.9 Å². The Morgan fingerprint density at radius 1 is 0.700 bits per heavy atom. The van der Waals surface area contributed by atoms with E-state index in [1.807, 2.05) is 0 Å². The summed E-state index contributed by atoms with van der Waals surface area (Å²) in [5.41, 5.74) is 2.39. The van der Waals surface area contributed by atoms with Crippen LogP contribution in [0.15, 0.2) is 11.8 Å². The van der Waals surface area contributed by atoms with E-state index in [1.54, 1.807) is 0 Å². The molecule has 0 unspecified atom stereocenters. The number of allylic oxidation sites excluding steroid dienone is 1. The van der Waals surface area contributed by atoms with Gasteiger partial charge in [-0.05, 0) is 36.6 Å². The van der Waals surface area contributed by atoms with Crippen LogP contribution in [0.3, 0.4) is 0 Å². The van der Waals surface area contributed by atoms with E-state index in [-0.39, 0.29) is 0 Å². The topological polar surface area (TPSA) is 0 Å². The van der Waals surface area contributed by atoms with Crippen molar-refractivity contribution in [3.8, 4) is 0 Å². The Balaban J connectivity index is 4.38. The van der Waals surface area contributed by atoms with Crippen molar-refractivity contribution in [1.29, 1.82) is 0 Å². The van der Waals surface area contributed by atoms with E-state index in [1.165, 1.54) is 55.9 Å². The van der Waals surface area contributed by atoms with Gasteiger partial charge in [0.05, 0.1) is 0 Å². The summed E-state index contributed by atoms with van der Waals surface area (Å²) in [6, 6.07) is 6.19. The molecule has 0 saturated carbocycles. The van der Waals surface area contributed by atoms with E-state index in [2.05, 4.69) is 39.5 Å². The molecule has 0 heterocycles. The van der Waals surface area contributed by atoms with Crippen LogP contribution in [0.2, 0.25) is 30.2 Å². The highest BCUT2D eigenvalue weighted by molar-refractivity contribution is 7.23. The van der Waals surface area contributed by atoms with Crippen LogP contribution in [0, 0.1) is 0 Å². The fourth-order valence-electron chi connectivity index (χ4n) is 3.03. The lowest BCUT2D eigenvalue weighted by molar-refractivity contribution is 0.968. The fourth-order valence-corrected chi connectivity index (χ4v) is 12.0. The van der Waals surface area contributed by atoms with Gasteiger partial charge in [0.1, 0.15) is 0 Å². The van der Waals surface area contributed by atoms with Crippen molar-refractivity contribution in [2.75, 3.05) is 0 Å². The maximum absolute atomic E-state index is 6.90. The summed E-state index contributed by atoms with van der Waals surface area (Å²) in [6.07, 6.45) is 8.39. The Bertz CT molecular complexity index is 255. The lowest BCUT2D eigenvalue weighted by Crippen LogP contribution is -2.26. The highest BCUT2D eigenvalue weighted by Gasteiger charge is 2.28. The summed E-state index contributed by atoms with van der Waals surface area (Å²) in [6.45, 7) is 9.00. The molecule has 0 radical (unpaired) electrons. The van der Waals surface area contributed by atoms with Gasteiger partial charge < -0.3 is 0 Å². The predicted octanol–water partition coefficient (Wildman–Crippen LogP) is 7.48. The third-order valence-corrected chi connectivity index (χ3v) is 14.6. The molecule has 0 rings (SSSR count). The van der Waals surface area contributed by atoms with Crippen molar-refractivity contribution in [3.63, 3.8) is 0 Å². The zero-order valence-corrected chi connectivity index (χ0v) is 17.5. The number of hydrogen-bond donors (Lipinski definition) is 0. The Kier molecular flexibility index (Phi) is 11.8. The first kappa shape index (κ1) is 20.8. The first-order valence-electron chi connectivity index (χ1n) is 8.50. The van der Waals surface area contributed by atoms with Crippen LogP contribution in [0.5, 0.6) is 0 Å². The van der Waals surface area contributed by atoms with Crippen molar-refractivity contribution < 1.29 is 0 Å². The van der Waals surface area contributed by atoms with E-state index < -0.39 is 14.8 Å². The maximum Gasteiger partial charge on any atom is 0.179 e. The summed E-state index contributed by atoms with van der Waals surface area (Å²) in [5.74, 6) is 0. The SMILES string of the molecule is CCC[Si](Cl)(/C=C/CC[Si](Cl)(CCC)CCC)CCC. The average molecular weight is 354 g/mol. The molecule has 4 heteroatoms. The maximum atomic E-state index is 6.90. The van der Waals surface area contributed by atoms with Crippen LogP contribution in [-0.4, -0.2) is 14.8 Å². The molecule has 0 spiro atoms.